The van der Waals surface area contributed by atoms with Crippen LogP contribution in [-0.2, 0) is 16.2 Å². The van der Waals surface area contributed by atoms with E-state index in [4.69, 9.17) is 0 Å². The summed E-state index contributed by atoms with van der Waals surface area (Å²) in [5, 5.41) is 1.30. The van der Waals surface area contributed by atoms with Gasteiger partial charge in [-0.15, -0.1) is 0 Å². The SMILES string of the molecule is CC(C)(C)c1ccc(N2c3ccc(C(C)(C)C)cc3B3c4c2cccc4N(c2ccc(C(C)(C)C)cc2)c2c3n(-c3ccccc3)c3ccc4c(c23)Sc2ccccc2S4)cc1. The van der Waals surface area contributed by atoms with Gasteiger partial charge in [0.2, 0.25) is 0 Å². The second kappa shape index (κ2) is 14.0. The first-order valence-electron chi connectivity index (χ1n) is 22.0. The molecule has 7 aromatic carbocycles. The van der Waals surface area contributed by atoms with Gasteiger partial charge in [-0.25, -0.2) is 0 Å². The molecular formula is C56H52BN3S2. The van der Waals surface area contributed by atoms with Crippen LogP contribution in [0.1, 0.15) is 79.0 Å². The molecule has 0 unspecified atom stereocenters. The lowest BCUT2D eigenvalue weighted by Crippen LogP contribution is -2.63. The van der Waals surface area contributed by atoms with Gasteiger partial charge in [0.1, 0.15) is 0 Å². The minimum Gasteiger partial charge on any atom is -0.319 e. The standard InChI is InChI=1S/C56H52BN3S2/c1-54(2,3)35-22-27-39(28-23-35)58-42-31-26-37(56(7,8)9)34-41(42)57-50-44(58)18-15-19-45(50)59(40-29-24-36(25-30-40)55(4,5)6)51-49-43(60(53(51)57)38-16-11-10-12-17-38)32-33-48-52(49)62-47-21-14-13-20-46(47)61-48/h10-34H,1-9H3. The van der Waals surface area contributed by atoms with Crippen molar-refractivity contribution in [3.05, 3.63) is 168 Å². The monoisotopic (exact) mass is 841 g/mol. The summed E-state index contributed by atoms with van der Waals surface area (Å²) in [6, 6.07) is 57.8. The van der Waals surface area contributed by atoms with Gasteiger partial charge in [-0.05, 0) is 123 Å². The zero-order valence-corrected chi connectivity index (χ0v) is 38.8. The molecule has 0 fully saturated rings. The number of benzene rings is 7. The smallest absolute Gasteiger partial charge is 0.273 e. The van der Waals surface area contributed by atoms with Crippen molar-refractivity contribution >= 4 is 91.8 Å². The van der Waals surface area contributed by atoms with Gasteiger partial charge < -0.3 is 14.4 Å². The molecule has 4 heterocycles. The molecule has 0 saturated heterocycles. The van der Waals surface area contributed by atoms with Crippen molar-refractivity contribution in [3.63, 3.8) is 0 Å². The van der Waals surface area contributed by atoms with Crippen molar-refractivity contribution in [2.75, 3.05) is 9.80 Å². The Kier molecular flexibility index (Phi) is 8.86. The fourth-order valence-electron chi connectivity index (χ4n) is 9.85. The van der Waals surface area contributed by atoms with E-state index in [-0.39, 0.29) is 23.0 Å². The summed E-state index contributed by atoms with van der Waals surface area (Å²) < 4.78 is 2.61. The van der Waals surface area contributed by atoms with Crippen LogP contribution in [0.4, 0.5) is 34.1 Å². The third-order valence-electron chi connectivity index (χ3n) is 13.1. The van der Waals surface area contributed by atoms with E-state index in [9.17, 15) is 0 Å². The van der Waals surface area contributed by atoms with Gasteiger partial charge in [0, 0.05) is 64.7 Å². The molecule has 3 aliphatic rings. The lowest BCUT2D eigenvalue weighted by atomic mass is 9.34. The summed E-state index contributed by atoms with van der Waals surface area (Å²) in [6.07, 6.45) is 0. The van der Waals surface area contributed by atoms with Crippen LogP contribution in [-0.4, -0.2) is 11.3 Å². The number of para-hydroxylation sites is 1. The first-order valence-corrected chi connectivity index (χ1v) is 23.6. The minimum absolute atomic E-state index is 0.0315. The summed E-state index contributed by atoms with van der Waals surface area (Å²) >= 11 is 3.83. The Morgan fingerprint density at radius 3 is 1.60 bits per heavy atom. The Bertz CT molecular complexity index is 3070. The van der Waals surface area contributed by atoms with E-state index in [2.05, 4.69) is 228 Å². The van der Waals surface area contributed by atoms with Gasteiger partial charge in [-0.2, -0.15) is 0 Å². The fraction of sp³-hybridized carbons (Fsp3) is 0.214. The first-order chi connectivity index (χ1) is 29.7. The van der Waals surface area contributed by atoms with E-state index in [1.165, 1.54) is 104 Å². The van der Waals surface area contributed by atoms with Crippen LogP contribution in [0.2, 0.25) is 0 Å². The van der Waals surface area contributed by atoms with Crippen LogP contribution in [0.3, 0.4) is 0 Å². The van der Waals surface area contributed by atoms with Crippen molar-refractivity contribution in [1.82, 2.24) is 4.57 Å². The van der Waals surface area contributed by atoms with E-state index in [1.807, 2.05) is 23.5 Å². The Morgan fingerprint density at radius 2 is 0.984 bits per heavy atom. The summed E-state index contributed by atoms with van der Waals surface area (Å²) in [5.74, 6) is 0. The molecule has 1 aromatic heterocycles. The maximum Gasteiger partial charge on any atom is 0.273 e. The predicted octanol–water partition coefficient (Wildman–Crippen LogP) is 14.2. The van der Waals surface area contributed by atoms with Crippen molar-refractivity contribution in [2.45, 2.75) is 98.1 Å². The van der Waals surface area contributed by atoms with Gasteiger partial charge in [0.05, 0.1) is 11.2 Å². The summed E-state index contributed by atoms with van der Waals surface area (Å²) in [5.41, 5.74) is 17.7. The lowest BCUT2D eigenvalue weighted by Gasteiger charge is -2.44. The van der Waals surface area contributed by atoms with Crippen molar-refractivity contribution < 1.29 is 0 Å². The highest BCUT2D eigenvalue weighted by Crippen LogP contribution is 2.55. The van der Waals surface area contributed by atoms with Crippen molar-refractivity contribution in [1.29, 1.82) is 0 Å². The van der Waals surface area contributed by atoms with Gasteiger partial charge in [-0.3, -0.25) is 0 Å². The third-order valence-corrected chi connectivity index (χ3v) is 15.7. The minimum atomic E-state index is -0.0551. The second-order valence-corrected chi connectivity index (χ2v) is 22.4. The summed E-state index contributed by atoms with van der Waals surface area (Å²) in [7, 11) is 0. The number of fused-ring (bicyclic) bond motifs is 9. The molecule has 8 aromatic rings. The van der Waals surface area contributed by atoms with E-state index in [0.717, 1.165) is 0 Å². The number of aromatic nitrogens is 1. The quantitative estimate of drug-likeness (QED) is 0.164. The number of hydrogen-bond acceptors (Lipinski definition) is 4. The molecule has 3 aliphatic heterocycles. The maximum absolute atomic E-state index is 2.62. The Hall–Kier alpha value is -5.56. The Balaban J connectivity index is 1.28. The topological polar surface area (TPSA) is 11.4 Å². The highest BCUT2D eigenvalue weighted by molar-refractivity contribution is 8.05. The summed E-state index contributed by atoms with van der Waals surface area (Å²) in [4.78, 5) is 10.4. The molecule has 0 N–H and O–H groups in total. The van der Waals surface area contributed by atoms with Crippen LogP contribution in [0.25, 0.3) is 16.6 Å². The normalized spacial score (nSPS) is 14.3. The molecule has 0 aliphatic carbocycles. The molecule has 0 bridgehead atoms. The van der Waals surface area contributed by atoms with Gasteiger partial charge in [0.15, 0.2) is 0 Å². The molecule has 6 heteroatoms. The highest BCUT2D eigenvalue weighted by atomic mass is 32.2. The Labute approximate surface area is 376 Å². The van der Waals surface area contributed by atoms with Gasteiger partial charge >= 0.3 is 0 Å². The van der Waals surface area contributed by atoms with Crippen LogP contribution >= 0.6 is 23.5 Å². The van der Waals surface area contributed by atoms with Gasteiger partial charge in [-0.1, -0.05) is 159 Å². The fourth-order valence-corrected chi connectivity index (χ4v) is 12.2. The third kappa shape index (κ3) is 6.12. The van der Waals surface area contributed by atoms with Crippen molar-refractivity contribution in [2.24, 2.45) is 0 Å². The number of nitrogens with zero attached hydrogens (tertiary/aromatic N) is 3. The van der Waals surface area contributed by atoms with E-state index >= 15 is 0 Å². The van der Waals surface area contributed by atoms with Crippen LogP contribution in [0.15, 0.2) is 171 Å². The van der Waals surface area contributed by atoms with Gasteiger partial charge in [0.25, 0.3) is 6.71 Å². The number of anilines is 6. The molecule has 3 nitrogen and oxygen atoms in total. The predicted molar refractivity (Wildman–Crippen MR) is 268 cm³/mol. The largest absolute Gasteiger partial charge is 0.319 e. The van der Waals surface area contributed by atoms with E-state index in [1.54, 1.807) is 0 Å². The molecule has 62 heavy (non-hydrogen) atoms. The molecule has 0 spiro atoms. The van der Waals surface area contributed by atoms with Crippen LogP contribution in [0.5, 0.6) is 0 Å². The molecule has 0 amide bonds. The second-order valence-electron chi connectivity index (χ2n) is 20.3. The molecular weight excluding hydrogens is 790 g/mol. The molecule has 306 valence electrons. The van der Waals surface area contributed by atoms with Crippen LogP contribution < -0.4 is 26.3 Å². The van der Waals surface area contributed by atoms with E-state index < -0.39 is 0 Å². The van der Waals surface area contributed by atoms with Crippen molar-refractivity contribution in [3.8, 4) is 5.69 Å². The molecule has 0 saturated carbocycles. The zero-order valence-electron chi connectivity index (χ0n) is 37.2. The number of hydrogen-bond donors (Lipinski definition) is 0. The molecule has 11 rings (SSSR count). The maximum atomic E-state index is 2.62. The number of rotatable bonds is 3. The average Bonchev–Trinajstić information content (AvgIpc) is 3.60. The summed E-state index contributed by atoms with van der Waals surface area (Å²) in [6.45, 7) is 20.8. The highest BCUT2D eigenvalue weighted by Gasteiger charge is 2.47. The Morgan fingerprint density at radius 1 is 0.435 bits per heavy atom. The average molecular weight is 842 g/mol. The molecule has 0 radical (unpaired) electrons. The lowest BCUT2D eigenvalue weighted by molar-refractivity contribution is 0.590. The van der Waals surface area contributed by atoms with E-state index in [0.29, 0.717) is 0 Å². The zero-order chi connectivity index (χ0) is 42.9. The van der Waals surface area contributed by atoms with Crippen LogP contribution in [0, 0.1) is 0 Å². The first kappa shape index (κ1) is 39.3. The molecule has 0 atom stereocenters.